The van der Waals surface area contributed by atoms with Gasteiger partial charge in [-0.2, -0.15) is 0 Å². The van der Waals surface area contributed by atoms with Gasteiger partial charge in [-0.15, -0.1) is 0 Å². The zero-order valence-corrected chi connectivity index (χ0v) is 15.1. The van der Waals surface area contributed by atoms with Crippen LogP contribution < -0.4 is 5.32 Å². The van der Waals surface area contributed by atoms with Crippen LogP contribution in [-0.4, -0.2) is 51.5 Å². The Labute approximate surface area is 154 Å². The Bertz CT molecular complexity index is 770. The highest BCUT2D eigenvalue weighted by molar-refractivity contribution is 7.15. The topological polar surface area (TPSA) is 99.7 Å². The number of nitrogens with one attached hydrogen (secondary N) is 1. The molecule has 1 saturated carbocycles. The van der Waals surface area contributed by atoms with E-state index in [1.807, 2.05) is 0 Å². The maximum absolute atomic E-state index is 12.5. The van der Waals surface area contributed by atoms with Gasteiger partial charge in [0.25, 0.3) is 0 Å². The zero-order chi connectivity index (χ0) is 18.3. The Hall–Kier alpha value is -2.29. The van der Waals surface area contributed by atoms with Crippen molar-refractivity contribution < 1.29 is 19.2 Å². The summed E-state index contributed by atoms with van der Waals surface area (Å²) in [7, 11) is 0. The van der Waals surface area contributed by atoms with E-state index in [4.69, 9.17) is 0 Å². The van der Waals surface area contributed by atoms with Gasteiger partial charge in [-0.25, -0.2) is 4.98 Å². The number of rotatable bonds is 4. The maximum atomic E-state index is 12.5. The van der Waals surface area contributed by atoms with Gasteiger partial charge in [-0.1, -0.05) is 17.8 Å². The number of nitrogens with zero attached hydrogens (tertiary/aromatic N) is 3. The van der Waals surface area contributed by atoms with Crippen molar-refractivity contribution in [3.05, 3.63) is 10.6 Å². The molecular weight excluding hydrogens is 356 g/mol. The van der Waals surface area contributed by atoms with Gasteiger partial charge in [0.15, 0.2) is 5.13 Å². The number of aromatic nitrogens is 1. The van der Waals surface area contributed by atoms with Crippen LogP contribution in [-0.2, 0) is 32.1 Å². The number of likely N-dealkylation sites (tertiary alicyclic amines) is 1. The molecule has 3 aliphatic rings. The number of hydrogen-bond acceptors (Lipinski definition) is 6. The van der Waals surface area contributed by atoms with Crippen LogP contribution in [0.4, 0.5) is 5.13 Å². The third-order valence-corrected chi connectivity index (χ3v) is 6.24. The van der Waals surface area contributed by atoms with E-state index in [1.54, 1.807) is 4.90 Å². The summed E-state index contributed by atoms with van der Waals surface area (Å²) in [5, 5.41) is 3.47. The van der Waals surface area contributed by atoms with Crippen LogP contribution in [0, 0.1) is 5.92 Å². The van der Waals surface area contributed by atoms with Crippen molar-refractivity contribution in [2.75, 3.05) is 18.4 Å². The molecule has 1 aromatic heterocycles. The number of imide groups is 1. The van der Waals surface area contributed by atoms with E-state index < -0.39 is 0 Å². The molecule has 1 aliphatic carbocycles. The van der Waals surface area contributed by atoms with Crippen molar-refractivity contribution in [1.29, 1.82) is 0 Å². The molecule has 1 aromatic rings. The number of hydrogen-bond donors (Lipinski definition) is 1. The second-order valence-corrected chi connectivity index (χ2v) is 8.03. The molecule has 0 radical (unpaired) electrons. The molecule has 2 aliphatic heterocycles. The third-order valence-electron chi connectivity index (χ3n) is 5.24. The lowest BCUT2D eigenvalue weighted by molar-refractivity contribution is -0.145. The summed E-state index contributed by atoms with van der Waals surface area (Å²) in [6, 6.07) is 0. The van der Waals surface area contributed by atoms with Crippen LogP contribution in [0.15, 0.2) is 0 Å². The number of fused-ring (bicyclic) bond motifs is 1. The highest BCUT2D eigenvalue weighted by atomic mass is 32.1. The van der Waals surface area contributed by atoms with Crippen molar-refractivity contribution in [1.82, 2.24) is 14.8 Å². The van der Waals surface area contributed by atoms with Gasteiger partial charge < -0.3 is 10.2 Å². The second kappa shape index (κ2) is 6.79. The summed E-state index contributed by atoms with van der Waals surface area (Å²) < 4.78 is 0. The molecule has 1 N–H and O–H groups in total. The fraction of sp³-hybridized carbons (Fsp3) is 0.588. The van der Waals surface area contributed by atoms with Crippen molar-refractivity contribution >= 4 is 40.1 Å². The highest BCUT2D eigenvalue weighted by Crippen LogP contribution is 2.31. The normalized spacial score (nSPS) is 20.2. The highest BCUT2D eigenvalue weighted by Gasteiger charge is 2.33. The van der Waals surface area contributed by atoms with E-state index in [1.165, 1.54) is 11.3 Å². The zero-order valence-electron chi connectivity index (χ0n) is 14.3. The number of amides is 4. The summed E-state index contributed by atoms with van der Waals surface area (Å²) in [5.41, 5.74) is 0.913. The summed E-state index contributed by atoms with van der Waals surface area (Å²) >= 11 is 1.40. The summed E-state index contributed by atoms with van der Waals surface area (Å²) in [4.78, 5) is 56.0. The first-order valence-electron chi connectivity index (χ1n) is 8.91. The number of carbonyl (C=O) groups excluding carboxylic acids is 4. The van der Waals surface area contributed by atoms with Crippen molar-refractivity contribution in [2.45, 2.75) is 45.1 Å². The number of carbonyl (C=O) groups is 4. The van der Waals surface area contributed by atoms with E-state index in [0.717, 1.165) is 34.7 Å². The minimum absolute atomic E-state index is 0.0290. The average Bonchev–Trinajstić information content (AvgIpc) is 3.09. The van der Waals surface area contributed by atoms with Gasteiger partial charge in [0.1, 0.15) is 6.54 Å². The predicted octanol–water partition coefficient (Wildman–Crippen LogP) is 0.915. The van der Waals surface area contributed by atoms with Crippen molar-refractivity contribution in [3.8, 4) is 0 Å². The Balaban J connectivity index is 1.38. The predicted molar refractivity (Wildman–Crippen MR) is 93.2 cm³/mol. The first kappa shape index (κ1) is 17.1. The Morgan fingerprint density at radius 2 is 1.88 bits per heavy atom. The molecule has 3 heterocycles. The van der Waals surface area contributed by atoms with Gasteiger partial charge in [-0.05, 0) is 12.8 Å². The Morgan fingerprint density at radius 1 is 1.15 bits per heavy atom. The molecule has 9 heteroatoms. The van der Waals surface area contributed by atoms with Crippen LogP contribution in [0.3, 0.4) is 0 Å². The number of anilines is 1. The van der Waals surface area contributed by atoms with Gasteiger partial charge in [0.2, 0.25) is 23.6 Å². The lowest BCUT2D eigenvalue weighted by atomic mass is 9.85. The molecule has 8 nitrogen and oxygen atoms in total. The molecule has 0 aromatic carbocycles. The molecule has 0 unspecified atom stereocenters. The average molecular weight is 376 g/mol. The monoisotopic (exact) mass is 376 g/mol. The third kappa shape index (κ3) is 3.23. The van der Waals surface area contributed by atoms with Gasteiger partial charge in [0, 0.05) is 36.6 Å². The van der Waals surface area contributed by atoms with E-state index in [-0.39, 0.29) is 48.9 Å². The molecule has 4 amide bonds. The molecular formula is C17H20N4O4S. The molecule has 0 atom stereocenters. The van der Waals surface area contributed by atoms with Crippen LogP contribution in [0.1, 0.15) is 42.7 Å². The first-order valence-corrected chi connectivity index (χ1v) is 9.73. The molecule has 0 bridgehead atoms. The summed E-state index contributed by atoms with van der Waals surface area (Å²) in [6.45, 7) is 0.722. The minimum Gasteiger partial charge on any atom is -0.336 e. The quantitative estimate of drug-likeness (QED) is 0.788. The van der Waals surface area contributed by atoms with Crippen LogP contribution in [0.5, 0.6) is 0 Å². The van der Waals surface area contributed by atoms with Crippen molar-refractivity contribution in [2.24, 2.45) is 5.92 Å². The Kier molecular flexibility index (Phi) is 4.47. The second-order valence-electron chi connectivity index (χ2n) is 6.94. The van der Waals surface area contributed by atoms with Gasteiger partial charge in [-0.3, -0.25) is 24.1 Å². The smallest absolute Gasteiger partial charge is 0.243 e. The molecule has 4 rings (SSSR count). The summed E-state index contributed by atoms with van der Waals surface area (Å²) in [5.74, 6) is -0.654. The molecule has 138 valence electrons. The van der Waals surface area contributed by atoms with Crippen LogP contribution >= 0.6 is 11.3 Å². The van der Waals surface area contributed by atoms with E-state index >= 15 is 0 Å². The van der Waals surface area contributed by atoms with Crippen LogP contribution in [0.25, 0.3) is 0 Å². The van der Waals surface area contributed by atoms with E-state index in [9.17, 15) is 19.2 Å². The lowest BCUT2D eigenvalue weighted by Crippen LogP contribution is -2.44. The molecule has 0 spiro atoms. The fourth-order valence-corrected chi connectivity index (χ4v) is 4.40. The summed E-state index contributed by atoms with van der Waals surface area (Å²) in [6.07, 6.45) is 3.97. The largest absolute Gasteiger partial charge is 0.336 e. The standard InChI is InChI=1S/C17H20N4O4S/c22-13-4-5-14(23)21(13)9-15(24)20-7-6-11-12(8-20)26-17(18-11)19-16(25)10-2-1-3-10/h10H,1-9H2,(H,18,19,25). The van der Waals surface area contributed by atoms with Gasteiger partial charge in [0.05, 0.1) is 12.2 Å². The minimum atomic E-state index is -0.278. The lowest BCUT2D eigenvalue weighted by Gasteiger charge is -2.27. The van der Waals surface area contributed by atoms with E-state index in [2.05, 4.69) is 10.3 Å². The van der Waals surface area contributed by atoms with Crippen molar-refractivity contribution in [3.63, 3.8) is 0 Å². The molecule has 26 heavy (non-hydrogen) atoms. The Morgan fingerprint density at radius 3 is 2.54 bits per heavy atom. The van der Waals surface area contributed by atoms with E-state index in [0.29, 0.717) is 24.6 Å². The number of thiazole rings is 1. The van der Waals surface area contributed by atoms with Gasteiger partial charge >= 0.3 is 0 Å². The fourth-order valence-electron chi connectivity index (χ4n) is 3.37. The SMILES string of the molecule is O=C(Nc1nc2c(s1)CN(C(=O)CN1C(=O)CCC1=O)CC2)C1CCC1. The maximum Gasteiger partial charge on any atom is 0.243 e. The van der Waals surface area contributed by atoms with Crippen LogP contribution in [0.2, 0.25) is 0 Å². The molecule has 2 fully saturated rings. The molecule has 1 saturated heterocycles. The first-order chi connectivity index (χ1) is 12.5.